The van der Waals surface area contributed by atoms with Gasteiger partial charge in [0.05, 0.1) is 34.3 Å². The van der Waals surface area contributed by atoms with Gasteiger partial charge < -0.3 is 14.0 Å². The molecular formula is C56H40BN4+. The Hall–Kier alpha value is -7.60. The molecule has 2 aliphatic heterocycles. The monoisotopic (exact) mass is 779 g/mol. The van der Waals surface area contributed by atoms with Gasteiger partial charge >= 0.3 is 0 Å². The normalized spacial score (nSPS) is 15.1. The van der Waals surface area contributed by atoms with Gasteiger partial charge in [0.15, 0.2) is 0 Å². The molecule has 1 unspecified atom stereocenters. The molecule has 0 amide bonds. The number of anilines is 3. The van der Waals surface area contributed by atoms with E-state index in [2.05, 4.69) is 233 Å². The van der Waals surface area contributed by atoms with Crippen LogP contribution in [0.4, 0.5) is 34.1 Å². The first-order valence-corrected chi connectivity index (χ1v) is 21.4. The van der Waals surface area contributed by atoms with Gasteiger partial charge in [-0.1, -0.05) is 133 Å². The van der Waals surface area contributed by atoms with E-state index in [0.717, 1.165) is 23.6 Å². The summed E-state index contributed by atoms with van der Waals surface area (Å²) in [5.41, 5.74) is 18.7. The second kappa shape index (κ2) is 13.0. The summed E-state index contributed by atoms with van der Waals surface area (Å²) in [4.78, 5) is 2.44. The summed E-state index contributed by atoms with van der Waals surface area (Å²) in [6, 6.07) is 78.8. The number of para-hydroxylation sites is 7. The van der Waals surface area contributed by atoms with Crippen molar-refractivity contribution in [2.45, 2.75) is 6.92 Å². The van der Waals surface area contributed by atoms with Crippen molar-refractivity contribution < 1.29 is 0 Å². The van der Waals surface area contributed by atoms with Crippen LogP contribution in [0.25, 0.3) is 55.0 Å². The first kappa shape index (κ1) is 34.3. The third-order valence-corrected chi connectivity index (χ3v) is 13.6. The van der Waals surface area contributed by atoms with Gasteiger partial charge in [0.2, 0.25) is 0 Å². The van der Waals surface area contributed by atoms with E-state index in [4.69, 9.17) is 0 Å². The van der Waals surface area contributed by atoms with E-state index in [0.29, 0.717) is 4.48 Å². The lowest BCUT2D eigenvalue weighted by Gasteiger charge is -2.46. The topological polar surface area (TPSA) is 13.1 Å². The van der Waals surface area contributed by atoms with Gasteiger partial charge in [0.1, 0.15) is 17.1 Å². The second-order valence-electron chi connectivity index (χ2n) is 16.5. The zero-order valence-corrected chi connectivity index (χ0v) is 33.8. The van der Waals surface area contributed by atoms with Crippen molar-refractivity contribution in [3.05, 3.63) is 212 Å². The van der Waals surface area contributed by atoms with Crippen LogP contribution in [0.1, 0.15) is 6.92 Å². The standard InChI is InChI=1S/C56H40BN4/c1-2-61(42-27-13-6-14-28-42)51-34-20-17-31-46(51)57-47-37-45-43-29-15-18-32-48(43)59(40-25-11-5-12-26-40)55(45)53-44-30-16-19-33-49(44)60(56(47)53)50-35-41(36-52(61)54(50)57)58(38-21-7-3-8-22-38)39-23-9-4-10-24-39/h3-37H,2H2,1H3/q+1. The van der Waals surface area contributed by atoms with Crippen LogP contribution < -0.4 is 25.8 Å². The lowest BCUT2D eigenvalue weighted by atomic mass is 9.33. The maximum atomic E-state index is 2.63. The molecule has 0 bridgehead atoms. The molecular weight excluding hydrogens is 739 g/mol. The molecule has 0 fully saturated rings. The number of hydrogen-bond donors (Lipinski definition) is 0. The Bertz CT molecular complexity index is 3480. The number of aromatic nitrogens is 2. The molecule has 0 spiro atoms. The van der Waals surface area contributed by atoms with Crippen molar-refractivity contribution in [1.82, 2.24) is 13.6 Å². The smallest absolute Gasteiger partial charge is 0.262 e. The van der Waals surface area contributed by atoms with E-state index in [1.165, 1.54) is 88.4 Å². The molecule has 0 radical (unpaired) electrons. The molecule has 4 heterocycles. The zero-order valence-electron chi connectivity index (χ0n) is 33.8. The molecule has 2 aromatic heterocycles. The maximum absolute atomic E-state index is 2.63. The quantitative estimate of drug-likeness (QED) is 0.121. The molecule has 4 nitrogen and oxygen atoms in total. The number of fused-ring (bicyclic) bond motifs is 11. The highest BCUT2D eigenvalue weighted by Gasteiger charge is 2.51. The van der Waals surface area contributed by atoms with Crippen LogP contribution in [-0.2, 0) is 0 Å². The molecule has 5 heteroatoms. The minimum absolute atomic E-state index is 0.00112. The summed E-state index contributed by atoms with van der Waals surface area (Å²) < 4.78 is 5.74. The van der Waals surface area contributed by atoms with E-state index < -0.39 is 0 Å². The third-order valence-electron chi connectivity index (χ3n) is 13.6. The molecule has 11 aromatic rings. The number of hydrogen-bond acceptors (Lipinski definition) is 1. The Balaban J connectivity index is 1.26. The van der Waals surface area contributed by atoms with Gasteiger partial charge in [0, 0.05) is 55.8 Å². The van der Waals surface area contributed by atoms with Crippen molar-refractivity contribution in [3.8, 4) is 11.4 Å². The molecule has 61 heavy (non-hydrogen) atoms. The average molecular weight is 780 g/mol. The molecule has 0 N–H and O–H groups in total. The molecule has 0 saturated carbocycles. The van der Waals surface area contributed by atoms with Crippen molar-refractivity contribution in [2.24, 2.45) is 0 Å². The summed E-state index contributed by atoms with van der Waals surface area (Å²) in [5, 5.41) is 5.11. The van der Waals surface area contributed by atoms with Crippen LogP contribution in [0.3, 0.4) is 0 Å². The fourth-order valence-corrected chi connectivity index (χ4v) is 11.3. The fraction of sp³-hybridized carbons (Fsp3) is 0.0357. The molecule has 2 aliphatic rings. The summed E-state index contributed by atoms with van der Waals surface area (Å²) in [6.07, 6.45) is 0. The minimum Gasteiger partial charge on any atom is -0.310 e. The summed E-state index contributed by atoms with van der Waals surface area (Å²) >= 11 is 0. The van der Waals surface area contributed by atoms with Gasteiger partial charge in [-0.05, 0) is 90.6 Å². The average Bonchev–Trinajstić information content (AvgIpc) is 3.85. The summed E-state index contributed by atoms with van der Waals surface area (Å²) in [6.45, 7) is 3.21. The number of benzene rings is 9. The van der Waals surface area contributed by atoms with Crippen LogP contribution in [0.2, 0.25) is 0 Å². The van der Waals surface area contributed by atoms with Gasteiger partial charge in [-0.3, -0.25) is 0 Å². The van der Waals surface area contributed by atoms with Gasteiger partial charge in [-0.15, -0.1) is 0 Å². The SMILES string of the molecule is CC[N+]1(c2ccccc2)c2ccccc2B2c3c(cc(N(c4ccccc4)c4ccccc4)cc31)-n1c3ccccc3c3c1c2cc1c2ccccc2n(-c2ccccc2)c13. The van der Waals surface area contributed by atoms with Crippen LogP contribution in [-0.4, -0.2) is 22.4 Å². The fourth-order valence-electron chi connectivity index (χ4n) is 11.3. The molecule has 9 aromatic carbocycles. The van der Waals surface area contributed by atoms with Gasteiger partial charge in [-0.2, -0.15) is 0 Å². The zero-order chi connectivity index (χ0) is 40.2. The molecule has 0 saturated heterocycles. The van der Waals surface area contributed by atoms with Gasteiger partial charge in [0.25, 0.3) is 6.71 Å². The van der Waals surface area contributed by atoms with E-state index in [-0.39, 0.29) is 6.71 Å². The van der Waals surface area contributed by atoms with Crippen LogP contribution in [0.5, 0.6) is 0 Å². The van der Waals surface area contributed by atoms with Crippen molar-refractivity contribution in [2.75, 3.05) is 11.4 Å². The van der Waals surface area contributed by atoms with E-state index in [1.54, 1.807) is 0 Å². The van der Waals surface area contributed by atoms with E-state index in [9.17, 15) is 0 Å². The number of nitrogens with zero attached hydrogens (tertiary/aromatic N) is 4. The molecule has 0 aliphatic carbocycles. The highest BCUT2D eigenvalue weighted by molar-refractivity contribution is 7.00. The lowest BCUT2D eigenvalue weighted by molar-refractivity contribution is 0.548. The first-order chi connectivity index (χ1) is 30.3. The first-order valence-electron chi connectivity index (χ1n) is 21.4. The predicted octanol–water partition coefficient (Wildman–Crippen LogP) is 12.5. The number of quaternary nitrogens is 1. The largest absolute Gasteiger partial charge is 0.310 e. The summed E-state index contributed by atoms with van der Waals surface area (Å²) in [7, 11) is 0. The third kappa shape index (κ3) is 4.59. The Morgan fingerprint density at radius 2 is 1.03 bits per heavy atom. The molecule has 13 rings (SSSR count). The number of rotatable bonds is 6. The Morgan fingerprint density at radius 3 is 1.72 bits per heavy atom. The summed E-state index contributed by atoms with van der Waals surface area (Å²) in [5.74, 6) is 0. The Morgan fingerprint density at radius 1 is 0.459 bits per heavy atom. The van der Waals surface area contributed by atoms with Crippen LogP contribution >= 0.6 is 0 Å². The van der Waals surface area contributed by atoms with Crippen LogP contribution in [0, 0.1) is 0 Å². The van der Waals surface area contributed by atoms with Gasteiger partial charge in [-0.25, -0.2) is 4.48 Å². The minimum atomic E-state index is 0.00112. The predicted molar refractivity (Wildman–Crippen MR) is 259 cm³/mol. The van der Waals surface area contributed by atoms with E-state index >= 15 is 0 Å². The molecule has 1 atom stereocenters. The lowest BCUT2D eigenvalue weighted by Crippen LogP contribution is -2.64. The van der Waals surface area contributed by atoms with Crippen molar-refractivity contribution >= 4 is 101 Å². The second-order valence-corrected chi connectivity index (χ2v) is 16.5. The van der Waals surface area contributed by atoms with Crippen molar-refractivity contribution in [3.63, 3.8) is 0 Å². The highest BCUT2D eigenvalue weighted by atomic mass is 15.4. The maximum Gasteiger partial charge on any atom is 0.262 e. The highest BCUT2D eigenvalue weighted by Crippen LogP contribution is 2.51. The molecule has 286 valence electrons. The Kier molecular flexibility index (Phi) is 7.28. The van der Waals surface area contributed by atoms with Crippen LogP contribution in [0.15, 0.2) is 212 Å². The van der Waals surface area contributed by atoms with E-state index in [1.807, 2.05) is 0 Å². The van der Waals surface area contributed by atoms with Crippen molar-refractivity contribution in [1.29, 1.82) is 0 Å². The Labute approximate surface area is 355 Å².